The molecule has 0 saturated heterocycles. The second-order valence-corrected chi connectivity index (χ2v) is 5.39. The molecule has 0 aliphatic heterocycles. The molecule has 2 aromatic heterocycles. The third kappa shape index (κ3) is 3.99. The first-order valence-corrected chi connectivity index (χ1v) is 7.31. The summed E-state index contributed by atoms with van der Waals surface area (Å²) in [5.41, 5.74) is 0.812. The second kappa shape index (κ2) is 6.95. The fourth-order valence-electron chi connectivity index (χ4n) is 1.65. The molecule has 0 bridgehead atoms. The van der Waals surface area contributed by atoms with Crippen molar-refractivity contribution in [3.8, 4) is 0 Å². The summed E-state index contributed by atoms with van der Waals surface area (Å²) in [6, 6.07) is 5.13. The molecule has 2 aromatic rings. The van der Waals surface area contributed by atoms with Crippen molar-refractivity contribution in [3.63, 3.8) is 0 Å². The van der Waals surface area contributed by atoms with Crippen LogP contribution >= 0.6 is 11.3 Å². The molecule has 0 aliphatic carbocycles. The summed E-state index contributed by atoms with van der Waals surface area (Å²) in [4.78, 5) is 16.1. The van der Waals surface area contributed by atoms with Crippen molar-refractivity contribution in [1.82, 2.24) is 20.5 Å². The molecular weight excluding hydrogens is 274 g/mol. The van der Waals surface area contributed by atoms with Gasteiger partial charge in [-0.25, -0.2) is 4.79 Å². The summed E-state index contributed by atoms with van der Waals surface area (Å²) in [5, 5.41) is 14.9. The molecule has 20 heavy (non-hydrogen) atoms. The first kappa shape index (κ1) is 14.4. The number of carbonyl (C=O) groups excluding carboxylic acids is 1. The second-order valence-electron chi connectivity index (χ2n) is 4.33. The number of carbonyl (C=O) groups is 1. The number of hydrogen-bond donors (Lipinski definition) is 2. The van der Waals surface area contributed by atoms with Crippen molar-refractivity contribution in [1.29, 1.82) is 0 Å². The van der Waals surface area contributed by atoms with E-state index in [1.165, 1.54) is 11.3 Å². The number of nitrogens with zero attached hydrogens (tertiary/aromatic N) is 3. The highest BCUT2D eigenvalue weighted by molar-refractivity contribution is 7.15. The van der Waals surface area contributed by atoms with E-state index in [2.05, 4.69) is 32.7 Å². The van der Waals surface area contributed by atoms with Gasteiger partial charge in [-0.3, -0.25) is 10.3 Å². The van der Waals surface area contributed by atoms with Gasteiger partial charge in [0.05, 0.1) is 11.7 Å². The molecule has 2 N–H and O–H groups in total. The largest absolute Gasteiger partial charge is 0.330 e. The van der Waals surface area contributed by atoms with Crippen LogP contribution in [0.2, 0.25) is 0 Å². The smallest absolute Gasteiger partial charge is 0.321 e. The Labute approximate surface area is 121 Å². The van der Waals surface area contributed by atoms with Gasteiger partial charge in [0.2, 0.25) is 5.13 Å². The number of amides is 2. The normalized spacial score (nSPS) is 11.9. The highest BCUT2D eigenvalue weighted by Crippen LogP contribution is 2.16. The zero-order chi connectivity index (χ0) is 14.4. The molecule has 7 heteroatoms. The van der Waals surface area contributed by atoms with Crippen LogP contribution in [0, 0.1) is 0 Å². The lowest BCUT2D eigenvalue weighted by molar-refractivity contribution is 0.249. The van der Waals surface area contributed by atoms with Crippen LogP contribution in [0.5, 0.6) is 0 Å². The van der Waals surface area contributed by atoms with E-state index in [4.69, 9.17) is 0 Å². The fourth-order valence-corrected chi connectivity index (χ4v) is 2.49. The number of aryl methyl sites for hydroxylation is 1. The SMILES string of the molecule is CCCc1nnc(NC(=O)N[C@@H](C)c2ccccn2)s1. The monoisotopic (exact) mass is 291 g/mol. The average molecular weight is 291 g/mol. The minimum absolute atomic E-state index is 0.167. The topological polar surface area (TPSA) is 79.8 Å². The van der Waals surface area contributed by atoms with E-state index in [0.29, 0.717) is 5.13 Å². The van der Waals surface area contributed by atoms with Gasteiger partial charge in [-0.1, -0.05) is 24.3 Å². The maximum atomic E-state index is 11.9. The lowest BCUT2D eigenvalue weighted by Gasteiger charge is -2.12. The maximum Gasteiger partial charge on any atom is 0.321 e. The molecule has 2 rings (SSSR count). The predicted molar refractivity (Wildman–Crippen MR) is 78.7 cm³/mol. The Morgan fingerprint density at radius 2 is 2.25 bits per heavy atom. The Kier molecular flexibility index (Phi) is 5.00. The molecule has 0 saturated carbocycles. The van der Waals surface area contributed by atoms with E-state index in [9.17, 15) is 4.79 Å². The molecule has 0 aromatic carbocycles. The lowest BCUT2D eigenvalue weighted by Crippen LogP contribution is -2.31. The quantitative estimate of drug-likeness (QED) is 0.887. The van der Waals surface area contributed by atoms with Crippen molar-refractivity contribution in [2.24, 2.45) is 0 Å². The Morgan fingerprint density at radius 1 is 1.40 bits per heavy atom. The van der Waals surface area contributed by atoms with E-state index in [1.807, 2.05) is 25.1 Å². The molecule has 0 unspecified atom stereocenters. The predicted octanol–water partition coefficient (Wildman–Crippen LogP) is 2.77. The van der Waals surface area contributed by atoms with Crippen molar-refractivity contribution in [3.05, 3.63) is 35.1 Å². The van der Waals surface area contributed by atoms with Crippen molar-refractivity contribution >= 4 is 22.5 Å². The minimum Gasteiger partial charge on any atom is -0.330 e. The molecule has 106 valence electrons. The number of hydrogen-bond acceptors (Lipinski definition) is 5. The maximum absolute atomic E-state index is 11.9. The Hall–Kier alpha value is -2.02. The van der Waals surface area contributed by atoms with Crippen molar-refractivity contribution < 1.29 is 4.79 Å². The van der Waals surface area contributed by atoms with Crippen LogP contribution in [0.1, 0.15) is 37.0 Å². The standard InChI is InChI=1S/C13H17N5OS/c1-3-6-11-17-18-13(20-11)16-12(19)15-9(2)10-7-4-5-8-14-10/h4-5,7-9H,3,6H2,1-2H3,(H2,15,16,18,19)/t9-/m0/s1. The fraction of sp³-hybridized carbons (Fsp3) is 0.385. The Balaban J connectivity index is 1.88. The molecule has 6 nitrogen and oxygen atoms in total. The highest BCUT2D eigenvalue weighted by Gasteiger charge is 2.12. The number of aromatic nitrogens is 3. The van der Waals surface area contributed by atoms with Gasteiger partial charge < -0.3 is 5.32 Å². The summed E-state index contributed by atoms with van der Waals surface area (Å²) in [7, 11) is 0. The van der Waals surface area contributed by atoms with E-state index in [-0.39, 0.29) is 12.1 Å². The van der Waals surface area contributed by atoms with E-state index in [0.717, 1.165) is 23.5 Å². The van der Waals surface area contributed by atoms with E-state index < -0.39 is 0 Å². The molecule has 0 radical (unpaired) electrons. The van der Waals surface area contributed by atoms with Crippen LogP contribution in [0.3, 0.4) is 0 Å². The van der Waals surface area contributed by atoms with Crippen LogP contribution < -0.4 is 10.6 Å². The van der Waals surface area contributed by atoms with Crippen LogP contribution in [-0.4, -0.2) is 21.2 Å². The van der Waals surface area contributed by atoms with Gasteiger partial charge in [-0.2, -0.15) is 0 Å². The van der Waals surface area contributed by atoms with Gasteiger partial charge >= 0.3 is 6.03 Å². The summed E-state index contributed by atoms with van der Waals surface area (Å²) in [6.45, 7) is 3.96. The Morgan fingerprint density at radius 3 is 2.95 bits per heavy atom. The Bertz CT molecular complexity index is 557. The summed E-state index contributed by atoms with van der Waals surface area (Å²) >= 11 is 1.40. The number of urea groups is 1. The third-order valence-corrected chi connectivity index (χ3v) is 3.53. The van der Waals surface area contributed by atoms with Gasteiger partial charge in [0.15, 0.2) is 0 Å². The van der Waals surface area contributed by atoms with Crippen LogP contribution in [0.15, 0.2) is 24.4 Å². The first-order chi connectivity index (χ1) is 9.69. The zero-order valence-corrected chi connectivity index (χ0v) is 12.3. The van der Waals surface area contributed by atoms with Gasteiger partial charge in [-0.05, 0) is 25.5 Å². The van der Waals surface area contributed by atoms with E-state index in [1.54, 1.807) is 6.20 Å². The van der Waals surface area contributed by atoms with E-state index >= 15 is 0 Å². The molecular formula is C13H17N5OS. The molecule has 2 amide bonds. The number of anilines is 1. The van der Waals surface area contributed by atoms with Crippen molar-refractivity contribution in [2.75, 3.05) is 5.32 Å². The number of pyridine rings is 1. The lowest BCUT2D eigenvalue weighted by atomic mass is 10.2. The van der Waals surface area contributed by atoms with Gasteiger partial charge in [0.1, 0.15) is 5.01 Å². The molecule has 0 fully saturated rings. The molecule has 2 heterocycles. The highest BCUT2D eigenvalue weighted by atomic mass is 32.1. The first-order valence-electron chi connectivity index (χ1n) is 6.50. The summed E-state index contributed by atoms with van der Waals surface area (Å²) in [5.74, 6) is 0. The van der Waals surface area contributed by atoms with Crippen LogP contribution in [-0.2, 0) is 6.42 Å². The minimum atomic E-state index is -0.303. The average Bonchev–Trinajstić information content (AvgIpc) is 2.87. The summed E-state index contributed by atoms with van der Waals surface area (Å²) in [6.07, 6.45) is 3.59. The summed E-state index contributed by atoms with van der Waals surface area (Å²) < 4.78 is 0. The van der Waals surface area contributed by atoms with Crippen LogP contribution in [0.4, 0.5) is 9.93 Å². The molecule has 1 atom stereocenters. The van der Waals surface area contributed by atoms with Crippen LogP contribution in [0.25, 0.3) is 0 Å². The third-order valence-electron chi connectivity index (χ3n) is 2.63. The number of rotatable bonds is 5. The van der Waals surface area contributed by atoms with Gasteiger partial charge in [0, 0.05) is 12.6 Å². The molecule has 0 aliphatic rings. The van der Waals surface area contributed by atoms with Gasteiger partial charge in [-0.15, -0.1) is 10.2 Å². The van der Waals surface area contributed by atoms with Gasteiger partial charge in [0.25, 0.3) is 0 Å². The number of nitrogens with one attached hydrogen (secondary N) is 2. The molecule has 0 spiro atoms. The zero-order valence-electron chi connectivity index (χ0n) is 11.5. The van der Waals surface area contributed by atoms with Crippen molar-refractivity contribution in [2.45, 2.75) is 32.7 Å².